The molecule has 0 amide bonds. The number of anilines is 1. The van der Waals surface area contributed by atoms with Crippen molar-refractivity contribution in [3.8, 4) is 0 Å². The van der Waals surface area contributed by atoms with Crippen LogP contribution in [0.2, 0.25) is 0 Å². The first-order valence-electron chi connectivity index (χ1n) is 7.13. The summed E-state index contributed by atoms with van der Waals surface area (Å²) in [6.45, 7) is 4.58. The summed E-state index contributed by atoms with van der Waals surface area (Å²) < 4.78 is 0. The van der Waals surface area contributed by atoms with Crippen molar-refractivity contribution in [2.45, 2.75) is 51.5 Å². The van der Waals surface area contributed by atoms with E-state index in [2.05, 4.69) is 43.4 Å². The van der Waals surface area contributed by atoms with Gasteiger partial charge in [0.2, 0.25) is 0 Å². The molecule has 2 rings (SSSR count). The normalized spacial score (nSPS) is 28.1. The highest BCUT2D eigenvalue weighted by Crippen LogP contribution is 2.36. The van der Waals surface area contributed by atoms with Crippen LogP contribution in [-0.2, 0) is 0 Å². The van der Waals surface area contributed by atoms with E-state index in [0.717, 1.165) is 24.4 Å². The Bertz CT molecular complexity index is 373. The Hall–Kier alpha value is -1.02. The van der Waals surface area contributed by atoms with Crippen LogP contribution in [0.5, 0.6) is 0 Å². The molecule has 1 aliphatic carbocycles. The fraction of sp³-hybridized carbons (Fsp3) is 0.625. The first kappa shape index (κ1) is 13.4. The second-order valence-electron chi connectivity index (χ2n) is 5.80. The van der Waals surface area contributed by atoms with Gasteiger partial charge in [0.15, 0.2) is 0 Å². The van der Waals surface area contributed by atoms with E-state index in [0.29, 0.717) is 0 Å². The number of nitrogens with one attached hydrogen (secondary N) is 1. The Morgan fingerprint density at radius 1 is 1.33 bits per heavy atom. The second-order valence-corrected chi connectivity index (χ2v) is 5.80. The first-order valence-corrected chi connectivity index (χ1v) is 7.13. The summed E-state index contributed by atoms with van der Waals surface area (Å²) in [5, 5.41) is 13.4. The molecule has 0 bridgehead atoms. The molecular weight excluding hydrogens is 222 g/mol. The molecule has 2 heteroatoms. The molecule has 0 aliphatic heterocycles. The number of rotatable bonds is 4. The summed E-state index contributed by atoms with van der Waals surface area (Å²) >= 11 is 0. The molecule has 2 N–H and O–H groups in total. The smallest absolute Gasteiger partial charge is 0.0661 e. The lowest BCUT2D eigenvalue weighted by molar-refractivity contribution is 0.142. The highest BCUT2D eigenvalue weighted by molar-refractivity contribution is 5.47. The topological polar surface area (TPSA) is 32.3 Å². The van der Waals surface area contributed by atoms with Gasteiger partial charge in [0, 0.05) is 5.69 Å². The summed E-state index contributed by atoms with van der Waals surface area (Å²) in [6, 6.07) is 8.46. The monoisotopic (exact) mass is 247 g/mol. The largest absolute Gasteiger partial charge is 0.394 e. The van der Waals surface area contributed by atoms with E-state index < -0.39 is 0 Å². The first-order chi connectivity index (χ1) is 8.67. The molecule has 2 atom stereocenters. The van der Waals surface area contributed by atoms with Crippen molar-refractivity contribution >= 4 is 5.69 Å². The van der Waals surface area contributed by atoms with Gasteiger partial charge < -0.3 is 10.4 Å². The lowest BCUT2D eigenvalue weighted by Crippen LogP contribution is -2.46. The summed E-state index contributed by atoms with van der Waals surface area (Å²) in [4.78, 5) is 0. The van der Waals surface area contributed by atoms with Crippen LogP contribution in [0, 0.1) is 12.8 Å². The predicted octanol–water partition coefficient (Wildman–Crippen LogP) is 3.74. The molecular formula is C16H25NO. The van der Waals surface area contributed by atoms with Gasteiger partial charge >= 0.3 is 0 Å². The van der Waals surface area contributed by atoms with Crippen LogP contribution in [0.1, 0.15) is 44.6 Å². The van der Waals surface area contributed by atoms with Crippen LogP contribution < -0.4 is 5.32 Å². The fourth-order valence-electron chi connectivity index (χ4n) is 3.07. The minimum absolute atomic E-state index is 0.103. The molecule has 100 valence electrons. The average Bonchev–Trinajstić information content (AvgIpc) is 2.42. The van der Waals surface area contributed by atoms with Crippen molar-refractivity contribution in [2.75, 3.05) is 11.9 Å². The van der Waals surface area contributed by atoms with Gasteiger partial charge in [-0.1, -0.05) is 43.9 Å². The van der Waals surface area contributed by atoms with E-state index in [1.807, 2.05) is 0 Å². The van der Waals surface area contributed by atoms with E-state index in [4.69, 9.17) is 0 Å². The lowest BCUT2D eigenvalue weighted by Gasteiger charge is -2.41. The van der Waals surface area contributed by atoms with E-state index in [9.17, 15) is 5.11 Å². The van der Waals surface area contributed by atoms with Crippen molar-refractivity contribution in [3.05, 3.63) is 29.8 Å². The van der Waals surface area contributed by atoms with Gasteiger partial charge in [0.1, 0.15) is 0 Å². The predicted molar refractivity (Wildman–Crippen MR) is 76.9 cm³/mol. The van der Waals surface area contributed by atoms with Crippen LogP contribution in [0.3, 0.4) is 0 Å². The number of hydrogen-bond acceptors (Lipinski definition) is 2. The molecule has 0 saturated heterocycles. The zero-order valence-electron chi connectivity index (χ0n) is 11.6. The Balaban J connectivity index is 2.09. The summed E-state index contributed by atoms with van der Waals surface area (Å²) in [6.07, 6.45) is 5.92. The Kier molecular flexibility index (Phi) is 4.28. The summed E-state index contributed by atoms with van der Waals surface area (Å²) in [5.41, 5.74) is 2.30. The van der Waals surface area contributed by atoms with Crippen molar-refractivity contribution in [1.82, 2.24) is 0 Å². The van der Waals surface area contributed by atoms with Crippen LogP contribution in [0.25, 0.3) is 0 Å². The Labute approximate surface area is 110 Å². The summed E-state index contributed by atoms with van der Waals surface area (Å²) in [7, 11) is 0. The van der Waals surface area contributed by atoms with E-state index >= 15 is 0 Å². The average molecular weight is 247 g/mol. The quantitative estimate of drug-likeness (QED) is 0.849. The van der Waals surface area contributed by atoms with Crippen molar-refractivity contribution in [1.29, 1.82) is 0 Å². The number of aliphatic hydroxyl groups is 1. The molecule has 2 unspecified atom stereocenters. The van der Waals surface area contributed by atoms with Gasteiger partial charge in [-0.05, 0) is 37.8 Å². The molecule has 1 fully saturated rings. The molecule has 1 aliphatic rings. The maximum absolute atomic E-state index is 9.81. The summed E-state index contributed by atoms with van der Waals surface area (Å²) in [5.74, 6) is 0.754. The van der Waals surface area contributed by atoms with E-state index in [-0.39, 0.29) is 12.1 Å². The van der Waals surface area contributed by atoms with Gasteiger partial charge in [-0.2, -0.15) is 0 Å². The van der Waals surface area contributed by atoms with Gasteiger partial charge in [-0.3, -0.25) is 0 Å². The molecule has 1 aromatic carbocycles. The maximum atomic E-state index is 9.81. The molecule has 0 spiro atoms. The van der Waals surface area contributed by atoms with Gasteiger partial charge in [-0.15, -0.1) is 0 Å². The molecule has 0 heterocycles. The molecule has 1 aromatic rings. The van der Waals surface area contributed by atoms with Crippen LogP contribution >= 0.6 is 0 Å². The molecule has 1 saturated carbocycles. The molecule has 0 aromatic heterocycles. The van der Waals surface area contributed by atoms with Crippen molar-refractivity contribution in [3.63, 3.8) is 0 Å². The van der Waals surface area contributed by atoms with Gasteiger partial charge in [-0.25, -0.2) is 0 Å². The van der Waals surface area contributed by atoms with Crippen molar-refractivity contribution in [2.24, 2.45) is 5.92 Å². The van der Waals surface area contributed by atoms with Crippen LogP contribution in [-0.4, -0.2) is 17.3 Å². The minimum Gasteiger partial charge on any atom is -0.394 e. The Morgan fingerprint density at radius 3 is 2.67 bits per heavy atom. The van der Waals surface area contributed by atoms with Gasteiger partial charge in [0.05, 0.1) is 12.1 Å². The van der Waals surface area contributed by atoms with Crippen molar-refractivity contribution < 1.29 is 5.11 Å². The number of benzene rings is 1. The standard InChI is InChI=1S/C16H25NO/c1-3-14-5-4-10-16(11-14,12-18)17-15-8-6-13(2)7-9-15/h6-9,14,17-18H,3-5,10-12H2,1-2H3. The third kappa shape index (κ3) is 3.05. The highest BCUT2D eigenvalue weighted by atomic mass is 16.3. The van der Waals surface area contributed by atoms with Crippen LogP contribution in [0.15, 0.2) is 24.3 Å². The van der Waals surface area contributed by atoms with Gasteiger partial charge in [0.25, 0.3) is 0 Å². The zero-order chi connectivity index (χ0) is 13.0. The van der Waals surface area contributed by atoms with Crippen LogP contribution in [0.4, 0.5) is 5.69 Å². The molecule has 2 nitrogen and oxygen atoms in total. The number of hydrogen-bond donors (Lipinski definition) is 2. The third-order valence-corrected chi connectivity index (χ3v) is 4.29. The number of aliphatic hydroxyl groups excluding tert-OH is 1. The fourth-order valence-corrected chi connectivity index (χ4v) is 3.07. The minimum atomic E-state index is -0.103. The highest BCUT2D eigenvalue weighted by Gasteiger charge is 2.35. The molecule has 18 heavy (non-hydrogen) atoms. The lowest BCUT2D eigenvalue weighted by atomic mass is 9.75. The van der Waals surface area contributed by atoms with E-state index in [1.54, 1.807) is 0 Å². The maximum Gasteiger partial charge on any atom is 0.0661 e. The SMILES string of the molecule is CCC1CCCC(CO)(Nc2ccc(C)cc2)C1. The second kappa shape index (κ2) is 5.75. The zero-order valence-corrected chi connectivity index (χ0v) is 11.6. The van der Waals surface area contributed by atoms with E-state index in [1.165, 1.54) is 24.8 Å². The third-order valence-electron chi connectivity index (χ3n) is 4.29. The number of aryl methyl sites for hydroxylation is 1. The molecule has 0 radical (unpaired) electrons. The Morgan fingerprint density at radius 2 is 2.06 bits per heavy atom.